The highest BCUT2D eigenvalue weighted by Gasteiger charge is 2.01. The summed E-state index contributed by atoms with van der Waals surface area (Å²) in [6, 6.07) is 14.4. The second kappa shape index (κ2) is 5.16. The van der Waals surface area contributed by atoms with Gasteiger partial charge in [-0.3, -0.25) is 4.99 Å². The summed E-state index contributed by atoms with van der Waals surface area (Å²) in [5.41, 5.74) is 2.48. The van der Waals surface area contributed by atoms with Crippen LogP contribution in [0, 0.1) is 0 Å². The summed E-state index contributed by atoms with van der Waals surface area (Å²) in [6.45, 7) is 0. The van der Waals surface area contributed by atoms with Crippen molar-refractivity contribution in [1.29, 1.82) is 0 Å². The van der Waals surface area contributed by atoms with Crippen molar-refractivity contribution >= 4 is 11.9 Å². The van der Waals surface area contributed by atoms with Crippen LogP contribution in [-0.2, 0) is 6.42 Å². The molecular weight excluding hydrogens is 214 g/mol. The molecule has 1 aliphatic rings. The number of benzene rings is 2. The summed E-state index contributed by atoms with van der Waals surface area (Å²) < 4.78 is 0. The van der Waals surface area contributed by atoms with E-state index < -0.39 is 0 Å². The lowest BCUT2D eigenvalue weighted by molar-refractivity contribution is 0.404. The topological polar surface area (TPSA) is 52.8 Å². The summed E-state index contributed by atoms with van der Waals surface area (Å²) in [5.74, 6) is -0.153. The lowest BCUT2D eigenvalue weighted by Gasteiger charge is -1.91. The van der Waals surface area contributed by atoms with E-state index in [0.29, 0.717) is 0 Å². The van der Waals surface area contributed by atoms with Crippen molar-refractivity contribution in [2.24, 2.45) is 4.99 Å². The minimum atomic E-state index is -0.0764. The van der Waals surface area contributed by atoms with Crippen LogP contribution in [0.5, 0.6) is 11.5 Å². The Morgan fingerprint density at radius 1 is 0.824 bits per heavy atom. The van der Waals surface area contributed by atoms with Crippen molar-refractivity contribution in [1.82, 2.24) is 0 Å². The summed E-state index contributed by atoms with van der Waals surface area (Å²) >= 11 is 0. The summed E-state index contributed by atoms with van der Waals surface area (Å²) in [5, 5.41) is 17.3. The van der Waals surface area contributed by atoms with Crippen LogP contribution in [0.3, 0.4) is 0 Å². The molecule has 0 amide bonds. The zero-order valence-electron chi connectivity index (χ0n) is 9.24. The van der Waals surface area contributed by atoms with Gasteiger partial charge in [0.2, 0.25) is 0 Å². The Morgan fingerprint density at radius 3 is 2.00 bits per heavy atom. The Labute approximate surface area is 99.7 Å². The van der Waals surface area contributed by atoms with E-state index in [1.807, 2.05) is 24.4 Å². The summed E-state index contributed by atoms with van der Waals surface area (Å²) in [7, 11) is 0. The lowest BCUT2D eigenvalue weighted by Crippen LogP contribution is -1.75. The summed E-state index contributed by atoms with van der Waals surface area (Å²) in [6.07, 6.45) is 2.96. The van der Waals surface area contributed by atoms with Crippen molar-refractivity contribution in [3.8, 4) is 11.5 Å². The SMILES string of the molecule is C1=Nc2ccccc2C1.Oc1ccccc1O. The minimum Gasteiger partial charge on any atom is -0.504 e. The van der Waals surface area contributed by atoms with Crippen molar-refractivity contribution < 1.29 is 10.2 Å². The molecule has 0 saturated carbocycles. The number of hydrogen-bond donors (Lipinski definition) is 2. The van der Waals surface area contributed by atoms with Crippen molar-refractivity contribution in [2.45, 2.75) is 6.42 Å². The van der Waals surface area contributed by atoms with Crippen LogP contribution in [0.15, 0.2) is 53.5 Å². The standard InChI is InChI=1S/C8H7N.C6H6O2/c1-2-4-8-7(3-1)5-6-9-8;7-5-3-1-2-4-6(5)8/h1-4,6H,5H2;1-4,7-8H. The van der Waals surface area contributed by atoms with E-state index >= 15 is 0 Å². The van der Waals surface area contributed by atoms with E-state index in [9.17, 15) is 0 Å². The fourth-order valence-electron chi connectivity index (χ4n) is 1.52. The normalized spacial score (nSPS) is 11.5. The van der Waals surface area contributed by atoms with Crippen molar-refractivity contribution in [3.63, 3.8) is 0 Å². The second-order valence-electron chi connectivity index (χ2n) is 3.63. The third-order valence-corrected chi connectivity index (χ3v) is 2.41. The van der Waals surface area contributed by atoms with Crippen molar-refractivity contribution in [3.05, 3.63) is 54.1 Å². The van der Waals surface area contributed by atoms with Crippen LogP contribution >= 0.6 is 0 Å². The van der Waals surface area contributed by atoms with Gasteiger partial charge < -0.3 is 10.2 Å². The average molecular weight is 227 g/mol. The number of para-hydroxylation sites is 3. The zero-order valence-corrected chi connectivity index (χ0v) is 9.24. The maximum Gasteiger partial charge on any atom is 0.157 e. The molecule has 2 aromatic rings. The predicted molar refractivity (Wildman–Crippen MR) is 68.1 cm³/mol. The predicted octanol–water partition coefficient (Wildman–Crippen LogP) is 3.04. The van der Waals surface area contributed by atoms with Crippen LogP contribution in [0.25, 0.3) is 0 Å². The van der Waals surface area contributed by atoms with E-state index in [2.05, 4.69) is 11.1 Å². The molecule has 0 aliphatic carbocycles. The first-order valence-electron chi connectivity index (χ1n) is 5.35. The van der Waals surface area contributed by atoms with E-state index in [1.54, 1.807) is 12.1 Å². The number of fused-ring (bicyclic) bond motifs is 1. The molecule has 0 radical (unpaired) electrons. The summed E-state index contributed by atoms with van der Waals surface area (Å²) in [4.78, 5) is 4.17. The molecule has 17 heavy (non-hydrogen) atoms. The van der Waals surface area contributed by atoms with Gasteiger partial charge in [0.05, 0.1) is 5.69 Å². The molecule has 0 bridgehead atoms. The van der Waals surface area contributed by atoms with Crippen LogP contribution in [0.1, 0.15) is 5.56 Å². The number of nitrogens with zero attached hydrogens (tertiary/aromatic N) is 1. The first kappa shape index (κ1) is 11.2. The molecule has 2 N–H and O–H groups in total. The fraction of sp³-hybridized carbons (Fsp3) is 0.0714. The van der Waals surface area contributed by atoms with E-state index in [-0.39, 0.29) is 11.5 Å². The van der Waals surface area contributed by atoms with Gasteiger partial charge in [-0.15, -0.1) is 0 Å². The molecule has 0 aromatic heterocycles. The van der Waals surface area contributed by atoms with Crippen LogP contribution < -0.4 is 0 Å². The lowest BCUT2D eigenvalue weighted by atomic mass is 10.2. The van der Waals surface area contributed by atoms with Crippen LogP contribution in [0.4, 0.5) is 5.69 Å². The molecular formula is C14H13NO2. The molecule has 86 valence electrons. The van der Waals surface area contributed by atoms with Crippen LogP contribution in [0.2, 0.25) is 0 Å². The Bertz CT molecular complexity index is 514. The molecule has 3 nitrogen and oxygen atoms in total. The van der Waals surface area contributed by atoms with Gasteiger partial charge in [-0.2, -0.15) is 0 Å². The highest BCUT2D eigenvalue weighted by atomic mass is 16.3. The van der Waals surface area contributed by atoms with E-state index in [0.717, 1.165) is 12.1 Å². The first-order chi connectivity index (χ1) is 8.27. The van der Waals surface area contributed by atoms with Crippen LogP contribution in [-0.4, -0.2) is 16.4 Å². The maximum atomic E-state index is 8.67. The largest absolute Gasteiger partial charge is 0.504 e. The number of rotatable bonds is 0. The van der Waals surface area contributed by atoms with Crippen molar-refractivity contribution in [2.75, 3.05) is 0 Å². The molecule has 1 heterocycles. The van der Waals surface area contributed by atoms with Gasteiger partial charge in [-0.1, -0.05) is 30.3 Å². The quantitative estimate of drug-likeness (QED) is 0.679. The van der Waals surface area contributed by atoms with Gasteiger partial charge in [0.15, 0.2) is 11.5 Å². The molecule has 0 spiro atoms. The molecule has 3 heteroatoms. The maximum absolute atomic E-state index is 8.67. The Kier molecular flexibility index (Phi) is 3.40. The third-order valence-electron chi connectivity index (χ3n) is 2.41. The molecule has 3 rings (SSSR count). The Balaban J connectivity index is 0.000000128. The molecule has 0 unspecified atom stereocenters. The first-order valence-corrected chi connectivity index (χ1v) is 5.35. The monoisotopic (exact) mass is 227 g/mol. The number of phenols is 2. The fourth-order valence-corrected chi connectivity index (χ4v) is 1.52. The van der Waals surface area contributed by atoms with Gasteiger partial charge in [-0.05, 0) is 23.8 Å². The number of aliphatic imine (C=N–C) groups is 1. The van der Waals surface area contributed by atoms with E-state index in [1.165, 1.54) is 17.7 Å². The average Bonchev–Trinajstić information content (AvgIpc) is 2.82. The van der Waals surface area contributed by atoms with Gasteiger partial charge >= 0.3 is 0 Å². The van der Waals surface area contributed by atoms with Gasteiger partial charge in [0.25, 0.3) is 0 Å². The molecule has 0 fully saturated rings. The minimum absolute atomic E-state index is 0.0764. The molecule has 1 aliphatic heterocycles. The molecule has 2 aromatic carbocycles. The highest BCUT2D eigenvalue weighted by molar-refractivity contribution is 5.75. The van der Waals surface area contributed by atoms with Gasteiger partial charge in [0, 0.05) is 12.6 Å². The number of aromatic hydroxyl groups is 2. The molecule has 0 atom stereocenters. The number of phenolic OH excluding ortho intramolecular Hbond substituents is 2. The highest BCUT2D eigenvalue weighted by Crippen LogP contribution is 2.22. The molecule has 0 saturated heterocycles. The Hall–Kier alpha value is -2.29. The smallest absolute Gasteiger partial charge is 0.157 e. The number of hydrogen-bond acceptors (Lipinski definition) is 3. The van der Waals surface area contributed by atoms with E-state index in [4.69, 9.17) is 10.2 Å². The Morgan fingerprint density at radius 2 is 1.41 bits per heavy atom. The third kappa shape index (κ3) is 2.84. The second-order valence-corrected chi connectivity index (χ2v) is 3.63. The van der Waals surface area contributed by atoms with Gasteiger partial charge in [0.1, 0.15) is 0 Å². The zero-order chi connectivity index (χ0) is 12.1. The van der Waals surface area contributed by atoms with Gasteiger partial charge in [-0.25, -0.2) is 0 Å².